The summed E-state index contributed by atoms with van der Waals surface area (Å²) in [5.41, 5.74) is 1.47. The number of fused-ring (bicyclic) bond motifs is 1. The minimum atomic E-state index is -1.44. The minimum Gasteiger partial charge on any atom is -0.256 e. The second-order valence-corrected chi connectivity index (χ2v) is 4.13. The molecule has 0 aliphatic carbocycles. The van der Waals surface area contributed by atoms with Crippen molar-refractivity contribution in [2.45, 2.75) is 5.97 Å². The topological polar surface area (TPSA) is 40.6 Å². The van der Waals surface area contributed by atoms with Crippen LogP contribution in [0.25, 0.3) is 10.9 Å². The normalized spacial score (nSPS) is 11.9. The number of aromatic nitrogens is 1. The first-order valence-corrected chi connectivity index (χ1v) is 6.45. The molecule has 0 aliphatic rings. The highest BCUT2D eigenvalue weighted by Gasteiger charge is 2.37. The van der Waals surface area contributed by atoms with Gasteiger partial charge in [-0.2, -0.15) is 0 Å². The number of nitrogens with zero attached hydrogens (tertiary/aromatic N) is 1. The van der Waals surface area contributed by atoms with E-state index < -0.39 is 5.97 Å². The second-order valence-electron chi connectivity index (χ2n) is 3.16. The standard InChI is InChI=1S/C10H6Br3NO3/c11-15-10(16-12,17-13)8-5-6-14-9-4-2-1-3-7(8)9/h1-6H. The summed E-state index contributed by atoms with van der Waals surface area (Å²) in [6.45, 7) is 0. The van der Waals surface area contributed by atoms with E-state index in [9.17, 15) is 0 Å². The molecule has 0 N–H and O–H groups in total. The Bertz CT molecular complexity index is 505. The number of para-hydroxylation sites is 1. The van der Waals surface area contributed by atoms with E-state index in [1.54, 1.807) is 12.3 Å². The Balaban J connectivity index is 2.69. The van der Waals surface area contributed by atoms with Gasteiger partial charge >= 0.3 is 5.97 Å². The third-order valence-electron chi connectivity index (χ3n) is 2.28. The molecule has 4 nitrogen and oxygen atoms in total. The summed E-state index contributed by atoms with van der Waals surface area (Å²) >= 11 is 8.66. The lowest BCUT2D eigenvalue weighted by atomic mass is 10.1. The fourth-order valence-corrected chi connectivity index (χ4v) is 2.97. The molecular weight excluding hydrogens is 422 g/mol. The first-order valence-electron chi connectivity index (χ1n) is 4.51. The molecule has 0 saturated carbocycles. The maximum Gasteiger partial charge on any atom is 0.344 e. The molecule has 1 aromatic heterocycles. The average molecular weight is 428 g/mol. The maximum absolute atomic E-state index is 5.08. The van der Waals surface area contributed by atoms with Crippen LogP contribution in [0.5, 0.6) is 0 Å². The first kappa shape index (κ1) is 13.4. The predicted molar refractivity (Wildman–Crippen MR) is 73.5 cm³/mol. The Labute approximate surface area is 124 Å². The third-order valence-corrected chi connectivity index (χ3v) is 3.56. The molecule has 0 unspecified atom stereocenters. The number of hydrogen-bond donors (Lipinski definition) is 0. The SMILES string of the molecule is BrOC(OBr)(OBr)c1ccnc2ccccc12. The van der Waals surface area contributed by atoms with E-state index in [2.05, 4.69) is 53.8 Å². The summed E-state index contributed by atoms with van der Waals surface area (Å²) in [6, 6.07) is 9.33. The monoisotopic (exact) mass is 425 g/mol. The first-order chi connectivity index (χ1) is 8.27. The van der Waals surface area contributed by atoms with Crippen LogP contribution >= 0.6 is 48.8 Å². The van der Waals surface area contributed by atoms with Gasteiger partial charge < -0.3 is 0 Å². The van der Waals surface area contributed by atoms with E-state index >= 15 is 0 Å². The maximum atomic E-state index is 5.08. The van der Waals surface area contributed by atoms with Gasteiger partial charge in [0.1, 0.15) is 48.8 Å². The van der Waals surface area contributed by atoms with E-state index in [0.717, 1.165) is 10.9 Å². The quantitative estimate of drug-likeness (QED) is 0.681. The zero-order chi connectivity index (χ0) is 12.3. The highest BCUT2D eigenvalue weighted by atomic mass is 79.9. The van der Waals surface area contributed by atoms with Crippen LogP contribution < -0.4 is 0 Å². The largest absolute Gasteiger partial charge is 0.344 e. The lowest BCUT2D eigenvalue weighted by Crippen LogP contribution is -2.27. The van der Waals surface area contributed by atoms with Gasteiger partial charge in [-0.05, 0) is 12.1 Å². The zero-order valence-electron chi connectivity index (χ0n) is 8.27. The molecule has 7 heteroatoms. The van der Waals surface area contributed by atoms with Crippen molar-refractivity contribution in [2.24, 2.45) is 0 Å². The molecule has 2 rings (SSSR count). The molecule has 0 amide bonds. The summed E-state index contributed by atoms with van der Waals surface area (Å²) in [6.07, 6.45) is 1.65. The van der Waals surface area contributed by atoms with Gasteiger partial charge in [0.05, 0.1) is 11.1 Å². The molecule has 1 aromatic carbocycles. The molecule has 17 heavy (non-hydrogen) atoms. The molecular formula is C10H6Br3NO3. The van der Waals surface area contributed by atoms with Gasteiger partial charge in [0.2, 0.25) is 0 Å². The van der Waals surface area contributed by atoms with Gasteiger partial charge in [0, 0.05) is 11.6 Å². The number of rotatable bonds is 4. The fourth-order valence-electron chi connectivity index (χ4n) is 1.52. The molecule has 2 aromatic rings. The smallest absolute Gasteiger partial charge is 0.256 e. The van der Waals surface area contributed by atoms with Gasteiger partial charge in [0.25, 0.3) is 0 Å². The zero-order valence-corrected chi connectivity index (χ0v) is 13.0. The molecule has 0 aliphatic heterocycles. The number of halogens is 3. The molecule has 0 saturated heterocycles. The Morgan fingerprint density at radius 3 is 2.24 bits per heavy atom. The van der Waals surface area contributed by atoms with Gasteiger partial charge in [-0.3, -0.25) is 4.98 Å². The van der Waals surface area contributed by atoms with E-state index in [-0.39, 0.29) is 0 Å². The Hall–Kier alpha value is -0.0500. The van der Waals surface area contributed by atoms with Crippen molar-refractivity contribution in [3.63, 3.8) is 0 Å². The Morgan fingerprint density at radius 1 is 0.941 bits per heavy atom. The molecule has 0 bridgehead atoms. The van der Waals surface area contributed by atoms with E-state index in [1.165, 1.54) is 0 Å². The van der Waals surface area contributed by atoms with Crippen LogP contribution in [0.1, 0.15) is 5.56 Å². The number of benzene rings is 1. The summed E-state index contributed by atoms with van der Waals surface area (Å²) in [7, 11) is 0. The fraction of sp³-hybridized carbons (Fsp3) is 0.100. The highest BCUT2D eigenvalue weighted by Crippen LogP contribution is 2.38. The highest BCUT2D eigenvalue weighted by molar-refractivity contribution is 9.06. The summed E-state index contributed by atoms with van der Waals surface area (Å²) < 4.78 is 15.2. The minimum absolute atomic E-state index is 0.661. The van der Waals surface area contributed by atoms with Crippen molar-refractivity contribution >= 4 is 59.7 Å². The van der Waals surface area contributed by atoms with Crippen LogP contribution in [0.3, 0.4) is 0 Å². The van der Waals surface area contributed by atoms with Gasteiger partial charge in [0.15, 0.2) is 0 Å². The third kappa shape index (κ3) is 2.40. The van der Waals surface area contributed by atoms with E-state index in [1.807, 2.05) is 24.3 Å². The lowest BCUT2D eigenvalue weighted by Gasteiger charge is -2.25. The summed E-state index contributed by atoms with van der Waals surface area (Å²) in [5, 5.41) is 0.855. The Morgan fingerprint density at radius 2 is 1.59 bits per heavy atom. The summed E-state index contributed by atoms with van der Waals surface area (Å²) in [4.78, 5) is 4.25. The Kier molecular flexibility index (Phi) is 4.51. The van der Waals surface area contributed by atoms with Crippen LogP contribution in [0.15, 0.2) is 36.5 Å². The van der Waals surface area contributed by atoms with Gasteiger partial charge in [-0.15, -0.1) is 0 Å². The number of pyridine rings is 1. The van der Waals surface area contributed by atoms with Crippen LogP contribution in [-0.2, 0) is 17.5 Å². The molecule has 1 heterocycles. The van der Waals surface area contributed by atoms with Crippen molar-refractivity contribution in [3.8, 4) is 0 Å². The second kappa shape index (κ2) is 5.73. The van der Waals surface area contributed by atoms with Crippen molar-refractivity contribution in [1.82, 2.24) is 4.98 Å². The van der Waals surface area contributed by atoms with Crippen LogP contribution in [0.2, 0.25) is 0 Å². The molecule has 0 spiro atoms. The molecule has 0 fully saturated rings. The van der Waals surface area contributed by atoms with Crippen molar-refractivity contribution in [1.29, 1.82) is 0 Å². The van der Waals surface area contributed by atoms with Crippen molar-refractivity contribution in [3.05, 3.63) is 42.1 Å². The van der Waals surface area contributed by atoms with Crippen molar-refractivity contribution in [2.75, 3.05) is 0 Å². The van der Waals surface area contributed by atoms with E-state index in [0.29, 0.717) is 5.56 Å². The van der Waals surface area contributed by atoms with E-state index in [4.69, 9.17) is 11.5 Å². The predicted octanol–water partition coefficient (Wildman–Crippen LogP) is 4.32. The molecule has 90 valence electrons. The summed E-state index contributed by atoms with van der Waals surface area (Å²) in [5.74, 6) is -1.44. The average Bonchev–Trinajstić information content (AvgIpc) is 2.41. The number of hydrogen-bond acceptors (Lipinski definition) is 4. The van der Waals surface area contributed by atoms with Crippen LogP contribution in [-0.4, -0.2) is 4.98 Å². The molecule has 0 radical (unpaired) electrons. The van der Waals surface area contributed by atoms with Gasteiger partial charge in [-0.25, -0.2) is 11.5 Å². The van der Waals surface area contributed by atoms with Crippen LogP contribution in [0.4, 0.5) is 0 Å². The van der Waals surface area contributed by atoms with Crippen molar-refractivity contribution < 1.29 is 11.5 Å². The molecule has 0 atom stereocenters. The van der Waals surface area contributed by atoms with Crippen LogP contribution in [0, 0.1) is 0 Å². The lowest BCUT2D eigenvalue weighted by molar-refractivity contribution is -0.221. The van der Waals surface area contributed by atoms with Gasteiger partial charge in [-0.1, -0.05) is 18.2 Å².